The number of benzene rings is 4. The van der Waals surface area contributed by atoms with Crippen LogP contribution in [-0.4, -0.2) is 38.2 Å². The number of amides is 1. The molecule has 7 nitrogen and oxygen atoms in total. The smallest absolute Gasteiger partial charge is 0.251 e. The molecule has 0 spiro atoms. The van der Waals surface area contributed by atoms with Gasteiger partial charge in [-0.15, -0.1) is 0 Å². The van der Waals surface area contributed by atoms with Crippen molar-refractivity contribution in [1.29, 1.82) is 0 Å². The number of likely N-dealkylation sites (N-methyl/N-ethyl adjacent to an activating group) is 1. The number of phenolic OH excluding ortho intramolecular Hbond substituents is 1. The first-order valence-corrected chi connectivity index (χ1v) is 14.1. The molecule has 0 fully saturated rings. The fourth-order valence-electron chi connectivity index (χ4n) is 4.98. The van der Waals surface area contributed by atoms with Gasteiger partial charge in [0.05, 0.1) is 16.3 Å². The molecule has 0 aliphatic carbocycles. The first kappa shape index (κ1) is 26.6. The second-order valence-corrected chi connectivity index (χ2v) is 11.4. The molecule has 9 heteroatoms. The molecule has 5 rings (SSSR count). The molecule has 0 saturated carbocycles. The molecular weight excluding hydrogens is 534 g/mol. The quantitative estimate of drug-likeness (QED) is 0.354. The van der Waals surface area contributed by atoms with E-state index in [2.05, 4.69) is 0 Å². The lowest BCUT2D eigenvalue weighted by atomic mass is 9.92. The number of aromatic hydroxyl groups is 1. The molecule has 198 valence electrons. The number of phenols is 1. The van der Waals surface area contributed by atoms with Gasteiger partial charge >= 0.3 is 0 Å². The third-order valence-corrected chi connectivity index (χ3v) is 8.22. The van der Waals surface area contributed by atoms with Gasteiger partial charge in [0.15, 0.2) is 0 Å². The molecule has 1 atom stereocenters. The van der Waals surface area contributed by atoms with Gasteiger partial charge in [-0.25, -0.2) is 13.6 Å². The number of nitrogens with two attached hydrogens (primary N) is 1. The van der Waals surface area contributed by atoms with Crippen LogP contribution >= 0.6 is 11.6 Å². The monoisotopic (exact) mass is 559 g/mol. The molecule has 1 aliphatic heterocycles. The van der Waals surface area contributed by atoms with Crippen molar-refractivity contribution in [2.24, 2.45) is 10.1 Å². The van der Waals surface area contributed by atoms with E-state index in [-0.39, 0.29) is 23.0 Å². The Morgan fingerprint density at radius 2 is 1.64 bits per heavy atom. The predicted molar refractivity (Wildman–Crippen MR) is 154 cm³/mol. The minimum absolute atomic E-state index is 0.0556. The molecule has 0 radical (unpaired) electrons. The van der Waals surface area contributed by atoms with Gasteiger partial charge in [0.25, 0.3) is 5.91 Å². The third kappa shape index (κ3) is 5.18. The van der Waals surface area contributed by atoms with Gasteiger partial charge in [0.1, 0.15) is 11.8 Å². The van der Waals surface area contributed by atoms with E-state index in [9.17, 15) is 18.3 Å². The van der Waals surface area contributed by atoms with Crippen LogP contribution in [0.5, 0.6) is 5.75 Å². The van der Waals surface area contributed by atoms with Crippen LogP contribution < -0.4 is 10.0 Å². The Hall–Kier alpha value is -3.98. The fraction of sp³-hybridized carbons (Fsp3) is 0.133. The summed E-state index contributed by atoms with van der Waals surface area (Å²) in [7, 11) is -2.20. The number of carbonyl (C=O) groups is 1. The SMILES string of the molecule is Cc1c(-c2ccccc2CC2N=C(c3ccc(O)cc3)c3cc(Cl)ccc3N(C)C2=O)cccc1S(N)(=O)=O. The lowest BCUT2D eigenvalue weighted by Gasteiger charge is -2.21. The zero-order valence-electron chi connectivity index (χ0n) is 21.3. The highest BCUT2D eigenvalue weighted by atomic mass is 35.5. The summed E-state index contributed by atoms with van der Waals surface area (Å²) in [6.07, 6.45) is 0.266. The van der Waals surface area contributed by atoms with Crippen LogP contribution in [0.4, 0.5) is 5.69 Å². The Bertz CT molecular complexity index is 1730. The largest absolute Gasteiger partial charge is 0.508 e. The van der Waals surface area contributed by atoms with E-state index >= 15 is 0 Å². The van der Waals surface area contributed by atoms with Crippen molar-refractivity contribution < 1.29 is 18.3 Å². The van der Waals surface area contributed by atoms with Crippen molar-refractivity contribution >= 4 is 38.9 Å². The van der Waals surface area contributed by atoms with Gasteiger partial charge in [-0.3, -0.25) is 9.79 Å². The summed E-state index contributed by atoms with van der Waals surface area (Å²) in [5.41, 5.74) is 5.56. The van der Waals surface area contributed by atoms with E-state index in [4.69, 9.17) is 21.7 Å². The van der Waals surface area contributed by atoms with Crippen LogP contribution in [0.15, 0.2) is 94.8 Å². The Kier molecular flexibility index (Phi) is 7.03. The Balaban J connectivity index is 1.65. The number of carbonyl (C=O) groups excluding carboxylic acids is 1. The number of primary sulfonamides is 1. The van der Waals surface area contributed by atoms with Gasteiger partial charge in [-0.2, -0.15) is 0 Å². The van der Waals surface area contributed by atoms with Crippen LogP contribution in [0, 0.1) is 6.92 Å². The second-order valence-electron chi connectivity index (χ2n) is 9.43. The lowest BCUT2D eigenvalue weighted by molar-refractivity contribution is -0.119. The van der Waals surface area contributed by atoms with Gasteiger partial charge in [0.2, 0.25) is 10.0 Å². The molecule has 0 saturated heterocycles. The van der Waals surface area contributed by atoms with Crippen LogP contribution in [0.25, 0.3) is 11.1 Å². The number of benzodiazepines with no additional fused rings is 1. The number of nitrogens with zero attached hydrogens (tertiary/aromatic N) is 2. The molecule has 1 amide bonds. The topological polar surface area (TPSA) is 113 Å². The molecule has 39 heavy (non-hydrogen) atoms. The molecule has 1 aliphatic rings. The Morgan fingerprint density at radius 1 is 0.949 bits per heavy atom. The highest BCUT2D eigenvalue weighted by Crippen LogP contribution is 2.34. The average Bonchev–Trinajstić information content (AvgIpc) is 2.99. The van der Waals surface area contributed by atoms with Gasteiger partial charge in [0, 0.05) is 29.6 Å². The summed E-state index contributed by atoms with van der Waals surface area (Å²) in [4.78, 5) is 20.4. The molecule has 1 heterocycles. The summed E-state index contributed by atoms with van der Waals surface area (Å²) in [5.74, 6) is -0.0767. The summed E-state index contributed by atoms with van der Waals surface area (Å²) >= 11 is 6.36. The van der Waals surface area contributed by atoms with Gasteiger partial charge < -0.3 is 10.0 Å². The Labute approximate surface area is 232 Å². The molecule has 4 aromatic carbocycles. The lowest BCUT2D eigenvalue weighted by Crippen LogP contribution is -2.36. The van der Waals surface area contributed by atoms with E-state index in [1.807, 2.05) is 30.3 Å². The number of sulfonamides is 1. The number of hydrogen-bond donors (Lipinski definition) is 2. The van der Waals surface area contributed by atoms with E-state index in [1.54, 1.807) is 67.4 Å². The molecule has 3 N–H and O–H groups in total. The van der Waals surface area contributed by atoms with Crippen molar-refractivity contribution in [3.05, 3.63) is 112 Å². The number of fused-ring (bicyclic) bond motifs is 1. The van der Waals surface area contributed by atoms with E-state index < -0.39 is 16.1 Å². The van der Waals surface area contributed by atoms with Crippen LogP contribution in [-0.2, 0) is 21.2 Å². The first-order valence-electron chi connectivity index (χ1n) is 12.2. The zero-order chi connectivity index (χ0) is 27.9. The Morgan fingerprint density at radius 3 is 2.36 bits per heavy atom. The van der Waals surface area contributed by atoms with E-state index in [0.29, 0.717) is 33.1 Å². The fourth-order valence-corrected chi connectivity index (χ4v) is 5.96. The number of rotatable bonds is 5. The molecule has 4 aromatic rings. The predicted octanol–water partition coefficient (Wildman–Crippen LogP) is 5.09. The van der Waals surface area contributed by atoms with E-state index in [1.165, 1.54) is 6.07 Å². The first-order chi connectivity index (χ1) is 18.5. The third-order valence-electron chi connectivity index (χ3n) is 6.93. The number of anilines is 1. The van der Waals surface area contributed by atoms with Crippen molar-refractivity contribution in [3.8, 4) is 16.9 Å². The molecule has 0 aromatic heterocycles. The van der Waals surface area contributed by atoms with Crippen molar-refractivity contribution in [3.63, 3.8) is 0 Å². The summed E-state index contributed by atoms with van der Waals surface area (Å²) in [6, 6.07) is 23.7. The van der Waals surface area contributed by atoms with Gasteiger partial charge in [-0.05, 0) is 77.7 Å². The highest BCUT2D eigenvalue weighted by Gasteiger charge is 2.31. The molecular formula is C30H26ClN3O4S. The number of aliphatic imine (C=N–C) groups is 1. The minimum Gasteiger partial charge on any atom is -0.508 e. The van der Waals surface area contributed by atoms with Crippen molar-refractivity contribution in [2.75, 3.05) is 11.9 Å². The maximum absolute atomic E-state index is 13.8. The molecule has 1 unspecified atom stereocenters. The number of hydrogen-bond acceptors (Lipinski definition) is 5. The summed E-state index contributed by atoms with van der Waals surface area (Å²) < 4.78 is 24.3. The van der Waals surface area contributed by atoms with Gasteiger partial charge in [-0.1, -0.05) is 48.0 Å². The van der Waals surface area contributed by atoms with E-state index in [0.717, 1.165) is 16.7 Å². The highest BCUT2D eigenvalue weighted by molar-refractivity contribution is 7.89. The molecule has 0 bridgehead atoms. The van der Waals surface area contributed by atoms with Crippen molar-refractivity contribution in [1.82, 2.24) is 0 Å². The summed E-state index contributed by atoms with van der Waals surface area (Å²) in [5, 5.41) is 15.8. The van der Waals surface area contributed by atoms with Crippen LogP contribution in [0.1, 0.15) is 22.3 Å². The summed E-state index contributed by atoms with van der Waals surface area (Å²) in [6.45, 7) is 1.72. The van der Waals surface area contributed by atoms with Crippen LogP contribution in [0.2, 0.25) is 5.02 Å². The normalized spacial score (nSPS) is 15.5. The average molecular weight is 560 g/mol. The zero-order valence-corrected chi connectivity index (χ0v) is 22.9. The van der Waals surface area contributed by atoms with Crippen molar-refractivity contribution in [2.45, 2.75) is 24.3 Å². The van der Waals surface area contributed by atoms with Crippen LogP contribution in [0.3, 0.4) is 0 Å². The maximum Gasteiger partial charge on any atom is 0.251 e. The maximum atomic E-state index is 13.8. The second kappa shape index (κ2) is 10.3. The standard InChI is InChI=1S/C30H26ClN3O4S/c1-18-23(8-5-9-28(18)39(32,37)38)24-7-4-3-6-20(24)16-26-30(36)34(2)27-15-12-21(31)17-25(27)29(33-26)19-10-13-22(35)14-11-19/h3-15,17,26,35H,16H2,1-2H3,(H2,32,37,38). The number of halogens is 1. The minimum atomic E-state index is -3.91.